The molecule has 0 aliphatic heterocycles. The fraction of sp³-hybridized carbons (Fsp3) is 0.188. The molecule has 0 saturated heterocycles. The summed E-state index contributed by atoms with van der Waals surface area (Å²) in [5, 5.41) is 3.49. The molecule has 4 rings (SSSR count). The highest BCUT2D eigenvalue weighted by Gasteiger charge is 2.21. The van der Waals surface area contributed by atoms with Crippen LogP contribution < -0.4 is 11.1 Å². The van der Waals surface area contributed by atoms with Crippen molar-refractivity contribution in [3.05, 3.63) is 53.6 Å². The van der Waals surface area contributed by atoms with E-state index in [1.54, 1.807) is 0 Å². The van der Waals surface area contributed by atoms with Gasteiger partial charge in [0, 0.05) is 11.7 Å². The molecule has 20 heavy (non-hydrogen) atoms. The first-order chi connectivity index (χ1) is 9.78. The minimum atomic E-state index is 0.408. The van der Waals surface area contributed by atoms with E-state index in [2.05, 4.69) is 39.6 Å². The number of anilines is 2. The maximum absolute atomic E-state index is 5.79. The second kappa shape index (κ2) is 4.27. The van der Waals surface area contributed by atoms with Gasteiger partial charge in [-0.15, -0.1) is 0 Å². The van der Waals surface area contributed by atoms with Crippen LogP contribution in [0.5, 0.6) is 0 Å². The second-order valence-corrected chi connectivity index (χ2v) is 5.38. The molecule has 0 unspecified atom stereocenters. The van der Waals surface area contributed by atoms with Gasteiger partial charge in [0.05, 0.1) is 11.0 Å². The first-order valence-corrected chi connectivity index (χ1v) is 6.86. The first-order valence-electron chi connectivity index (χ1n) is 6.86. The molecule has 0 radical (unpaired) electrons. The van der Waals surface area contributed by atoms with E-state index < -0.39 is 0 Å². The highest BCUT2D eigenvalue weighted by atomic mass is 15.1. The van der Waals surface area contributed by atoms with Gasteiger partial charge in [0.15, 0.2) is 0 Å². The van der Waals surface area contributed by atoms with Crippen molar-refractivity contribution >= 4 is 22.7 Å². The van der Waals surface area contributed by atoms with Gasteiger partial charge < -0.3 is 16.0 Å². The first kappa shape index (κ1) is 11.3. The third kappa shape index (κ3) is 1.90. The van der Waals surface area contributed by atoms with E-state index in [1.807, 2.05) is 18.2 Å². The zero-order valence-electron chi connectivity index (χ0n) is 11.1. The second-order valence-electron chi connectivity index (χ2n) is 5.38. The number of rotatable bonds is 2. The van der Waals surface area contributed by atoms with E-state index in [1.165, 1.54) is 11.1 Å². The zero-order valence-corrected chi connectivity index (χ0v) is 11.1. The fourth-order valence-corrected chi connectivity index (χ4v) is 2.95. The Hall–Kier alpha value is -2.49. The van der Waals surface area contributed by atoms with Crippen molar-refractivity contribution in [3.63, 3.8) is 0 Å². The minimum absolute atomic E-state index is 0.408. The Labute approximate surface area is 117 Å². The van der Waals surface area contributed by atoms with Gasteiger partial charge in [0.1, 0.15) is 0 Å². The highest BCUT2D eigenvalue weighted by Crippen LogP contribution is 2.24. The van der Waals surface area contributed by atoms with E-state index in [9.17, 15) is 0 Å². The Morgan fingerprint density at radius 1 is 1.10 bits per heavy atom. The molecular weight excluding hydrogens is 248 g/mol. The predicted molar refractivity (Wildman–Crippen MR) is 81.8 cm³/mol. The number of nitrogens with two attached hydrogens (primary N) is 1. The van der Waals surface area contributed by atoms with E-state index in [4.69, 9.17) is 5.73 Å². The standard InChI is InChI=1S/C16H16N4/c17-12-5-6-14-15(9-12)20-16(19-14)18-13-7-10-3-1-2-4-11(10)8-13/h1-6,9,13H,7-8,17H2,(H2,18,19,20). The number of imidazole rings is 1. The zero-order chi connectivity index (χ0) is 13.5. The van der Waals surface area contributed by atoms with Crippen molar-refractivity contribution in [2.24, 2.45) is 0 Å². The molecule has 3 aromatic rings. The number of benzene rings is 2. The van der Waals surface area contributed by atoms with Crippen LogP contribution in [0.25, 0.3) is 11.0 Å². The summed E-state index contributed by atoms with van der Waals surface area (Å²) in [6.45, 7) is 0. The highest BCUT2D eigenvalue weighted by molar-refractivity contribution is 5.80. The summed E-state index contributed by atoms with van der Waals surface area (Å²) in [5.41, 5.74) is 11.3. The van der Waals surface area contributed by atoms with Crippen molar-refractivity contribution in [1.29, 1.82) is 0 Å². The molecule has 0 bridgehead atoms. The van der Waals surface area contributed by atoms with Crippen molar-refractivity contribution in [3.8, 4) is 0 Å². The van der Waals surface area contributed by atoms with Gasteiger partial charge in [-0.1, -0.05) is 24.3 Å². The normalized spacial score (nSPS) is 14.6. The lowest BCUT2D eigenvalue weighted by Gasteiger charge is -2.10. The summed E-state index contributed by atoms with van der Waals surface area (Å²) in [7, 11) is 0. The quantitative estimate of drug-likeness (QED) is 0.623. The lowest BCUT2D eigenvalue weighted by molar-refractivity contribution is 0.765. The van der Waals surface area contributed by atoms with E-state index in [-0.39, 0.29) is 0 Å². The third-order valence-electron chi connectivity index (χ3n) is 3.90. The van der Waals surface area contributed by atoms with Crippen LogP contribution in [-0.2, 0) is 12.8 Å². The van der Waals surface area contributed by atoms with Crippen LogP contribution in [0, 0.1) is 0 Å². The van der Waals surface area contributed by atoms with E-state index >= 15 is 0 Å². The van der Waals surface area contributed by atoms with E-state index in [0.717, 1.165) is 35.5 Å². The molecule has 0 amide bonds. The summed E-state index contributed by atoms with van der Waals surface area (Å²) >= 11 is 0. The molecule has 4 heteroatoms. The molecule has 1 aliphatic rings. The lowest BCUT2D eigenvalue weighted by Crippen LogP contribution is -2.20. The monoisotopic (exact) mass is 264 g/mol. The third-order valence-corrected chi connectivity index (χ3v) is 3.90. The van der Waals surface area contributed by atoms with Crippen LogP contribution >= 0.6 is 0 Å². The number of nitrogen functional groups attached to an aromatic ring is 1. The molecule has 4 nitrogen and oxygen atoms in total. The number of fused-ring (bicyclic) bond motifs is 2. The molecule has 1 heterocycles. The van der Waals surface area contributed by atoms with Gasteiger partial charge in [0.25, 0.3) is 0 Å². The number of aromatic nitrogens is 2. The SMILES string of the molecule is Nc1ccc2nc(NC3Cc4ccccc4C3)[nH]c2c1. The molecule has 100 valence electrons. The van der Waals surface area contributed by atoms with Crippen molar-refractivity contribution in [2.45, 2.75) is 18.9 Å². The molecule has 2 aromatic carbocycles. The number of nitrogens with zero attached hydrogens (tertiary/aromatic N) is 1. The Kier molecular flexibility index (Phi) is 2.42. The molecule has 0 saturated carbocycles. The topological polar surface area (TPSA) is 66.7 Å². The van der Waals surface area contributed by atoms with Crippen molar-refractivity contribution in [2.75, 3.05) is 11.1 Å². The minimum Gasteiger partial charge on any atom is -0.399 e. The molecule has 0 spiro atoms. The van der Waals surface area contributed by atoms with Gasteiger partial charge in [0.2, 0.25) is 5.95 Å². The maximum Gasteiger partial charge on any atom is 0.201 e. The molecule has 4 N–H and O–H groups in total. The predicted octanol–water partition coefficient (Wildman–Crippen LogP) is 2.72. The van der Waals surface area contributed by atoms with E-state index in [0.29, 0.717) is 6.04 Å². The van der Waals surface area contributed by atoms with Gasteiger partial charge >= 0.3 is 0 Å². The van der Waals surface area contributed by atoms with Gasteiger partial charge in [-0.3, -0.25) is 0 Å². The van der Waals surface area contributed by atoms with Gasteiger partial charge in [-0.05, 0) is 42.2 Å². The average molecular weight is 264 g/mol. The van der Waals surface area contributed by atoms with Gasteiger partial charge in [-0.25, -0.2) is 4.98 Å². The largest absolute Gasteiger partial charge is 0.399 e. The fourth-order valence-electron chi connectivity index (χ4n) is 2.95. The Morgan fingerprint density at radius 3 is 2.60 bits per heavy atom. The van der Waals surface area contributed by atoms with Crippen LogP contribution in [0.1, 0.15) is 11.1 Å². The average Bonchev–Trinajstić information content (AvgIpc) is 3.00. The number of aromatic amines is 1. The molecule has 0 fully saturated rings. The molecule has 1 aliphatic carbocycles. The summed E-state index contributed by atoms with van der Waals surface area (Å²) in [6.07, 6.45) is 2.10. The van der Waals surface area contributed by atoms with Crippen LogP contribution in [0.4, 0.5) is 11.6 Å². The Balaban J connectivity index is 1.57. The number of hydrogen-bond donors (Lipinski definition) is 3. The van der Waals surface area contributed by atoms with Crippen LogP contribution in [0.3, 0.4) is 0 Å². The van der Waals surface area contributed by atoms with Crippen LogP contribution in [-0.4, -0.2) is 16.0 Å². The number of nitrogens with one attached hydrogen (secondary N) is 2. The molecule has 1 aromatic heterocycles. The van der Waals surface area contributed by atoms with Crippen LogP contribution in [0.2, 0.25) is 0 Å². The lowest BCUT2D eigenvalue weighted by atomic mass is 10.1. The summed E-state index contributed by atoms with van der Waals surface area (Å²) in [4.78, 5) is 7.85. The maximum atomic E-state index is 5.79. The summed E-state index contributed by atoms with van der Waals surface area (Å²) in [5.74, 6) is 0.823. The van der Waals surface area contributed by atoms with Gasteiger partial charge in [-0.2, -0.15) is 0 Å². The van der Waals surface area contributed by atoms with Crippen molar-refractivity contribution < 1.29 is 0 Å². The summed E-state index contributed by atoms with van der Waals surface area (Å²) in [6, 6.07) is 14.7. The number of H-pyrrole nitrogens is 1. The summed E-state index contributed by atoms with van der Waals surface area (Å²) < 4.78 is 0. The Bertz CT molecular complexity index is 750. The van der Waals surface area contributed by atoms with Crippen molar-refractivity contribution in [1.82, 2.24) is 9.97 Å². The Morgan fingerprint density at radius 2 is 1.85 bits per heavy atom. The number of hydrogen-bond acceptors (Lipinski definition) is 3. The molecular formula is C16H16N4. The van der Waals surface area contributed by atoms with Crippen LogP contribution in [0.15, 0.2) is 42.5 Å². The molecule has 0 atom stereocenters. The smallest absolute Gasteiger partial charge is 0.201 e.